The predicted molar refractivity (Wildman–Crippen MR) is 91.6 cm³/mol. The highest BCUT2D eigenvalue weighted by molar-refractivity contribution is 5.94. The average Bonchev–Trinajstić information content (AvgIpc) is 3.05. The largest absolute Gasteiger partial charge is 0.497 e. The molecule has 1 N–H and O–H groups in total. The summed E-state index contributed by atoms with van der Waals surface area (Å²) in [6.45, 7) is 0. The van der Waals surface area contributed by atoms with E-state index in [2.05, 4.69) is 10.4 Å². The molecule has 1 aromatic heterocycles. The number of rotatable bonds is 3. The van der Waals surface area contributed by atoms with E-state index in [1.165, 1.54) is 12.1 Å². The molecule has 1 amide bonds. The first-order chi connectivity index (χ1) is 12.2. The Hall–Kier alpha value is -3.15. The van der Waals surface area contributed by atoms with Crippen molar-refractivity contribution in [3.63, 3.8) is 0 Å². The zero-order valence-corrected chi connectivity index (χ0v) is 13.6. The minimum absolute atomic E-state index is 0.0721. The maximum absolute atomic E-state index is 13.2. The van der Waals surface area contributed by atoms with E-state index in [1.54, 1.807) is 30.1 Å². The Morgan fingerprint density at radius 2 is 1.88 bits per heavy atom. The summed E-state index contributed by atoms with van der Waals surface area (Å²) < 4.78 is 20.0. The van der Waals surface area contributed by atoms with E-state index in [-0.39, 0.29) is 17.6 Å². The van der Waals surface area contributed by atoms with Gasteiger partial charge in [0.15, 0.2) is 0 Å². The molecule has 0 bridgehead atoms. The van der Waals surface area contributed by atoms with Gasteiger partial charge in [-0.1, -0.05) is 12.1 Å². The number of carbonyl (C=O) groups excluding carboxylic acids is 1. The first-order valence-electron chi connectivity index (χ1n) is 7.93. The van der Waals surface area contributed by atoms with E-state index in [0.29, 0.717) is 17.9 Å². The molecule has 0 spiro atoms. The van der Waals surface area contributed by atoms with Crippen LogP contribution in [-0.2, 0) is 4.79 Å². The Kier molecular flexibility index (Phi) is 3.72. The van der Waals surface area contributed by atoms with E-state index < -0.39 is 0 Å². The number of methoxy groups -OCH3 is 1. The van der Waals surface area contributed by atoms with Crippen molar-refractivity contribution >= 4 is 11.7 Å². The van der Waals surface area contributed by atoms with Crippen molar-refractivity contribution in [1.82, 2.24) is 9.78 Å². The summed E-state index contributed by atoms with van der Waals surface area (Å²) in [5.41, 5.74) is 2.66. The molecule has 6 heteroatoms. The fraction of sp³-hybridized carbons (Fsp3) is 0.158. The lowest BCUT2D eigenvalue weighted by Gasteiger charge is -2.24. The second-order valence-corrected chi connectivity index (χ2v) is 5.91. The van der Waals surface area contributed by atoms with Crippen LogP contribution in [0.5, 0.6) is 5.75 Å². The van der Waals surface area contributed by atoms with Gasteiger partial charge in [-0.25, -0.2) is 9.07 Å². The molecule has 126 valence electrons. The summed E-state index contributed by atoms with van der Waals surface area (Å²) in [6.07, 6.45) is 2.11. The van der Waals surface area contributed by atoms with E-state index >= 15 is 0 Å². The van der Waals surface area contributed by atoms with Crippen LogP contribution in [-0.4, -0.2) is 22.8 Å². The van der Waals surface area contributed by atoms with Crippen LogP contribution < -0.4 is 10.1 Å². The molecule has 4 rings (SSSR count). The summed E-state index contributed by atoms with van der Waals surface area (Å²) in [7, 11) is 1.62. The zero-order chi connectivity index (χ0) is 17.4. The zero-order valence-electron chi connectivity index (χ0n) is 13.6. The van der Waals surface area contributed by atoms with Crippen LogP contribution in [0.3, 0.4) is 0 Å². The molecule has 3 aromatic rings. The van der Waals surface area contributed by atoms with Gasteiger partial charge in [0.05, 0.1) is 19.0 Å². The van der Waals surface area contributed by atoms with Crippen molar-refractivity contribution in [1.29, 1.82) is 0 Å². The van der Waals surface area contributed by atoms with Gasteiger partial charge in [-0.05, 0) is 42.0 Å². The Morgan fingerprint density at radius 3 is 2.56 bits per heavy atom. The molecular formula is C19H16FN3O2. The van der Waals surface area contributed by atoms with Gasteiger partial charge in [0.2, 0.25) is 5.91 Å². The van der Waals surface area contributed by atoms with Crippen LogP contribution in [0.15, 0.2) is 54.7 Å². The molecule has 0 saturated heterocycles. The number of nitrogens with one attached hydrogen (secondary N) is 1. The summed E-state index contributed by atoms with van der Waals surface area (Å²) in [6, 6.07) is 13.7. The number of amides is 1. The molecule has 1 aliphatic heterocycles. The average molecular weight is 337 g/mol. The number of nitrogens with zero attached hydrogens (tertiary/aromatic N) is 2. The highest BCUT2D eigenvalue weighted by Gasteiger charge is 2.30. The lowest BCUT2D eigenvalue weighted by molar-refractivity contribution is -0.116. The molecule has 25 heavy (non-hydrogen) atoms. The van der Waals surface area contributed by atoms with Gasteiger partial charge in [-0.15, -0.1) is 0 Å². The number of hydrogen-bond donors (Lipinski definition) is 1. The third-order valence-electron chi connectivity index (χ3n) is 4.41. The third-order valence-corrected chi connectivity index (χ3v) is 4.41. The maximum Gasteiger partial charge on any atom is 0.226 e. The predicted octanol–water partition coefficient (Wildman–Crippen LogP) is 3.49. The van der Waals surface area contributed by atoms with E-state index in [1.807, 2.05) is 24.3 Å². The molecule has 0 radical (unpaired) electrons. The third kappa shape index (κ3) is 2.76. The fourth-order valence-corrected chi connectivity index (χ4v) is 3.13. The van der Waals surface area contributed by atoms with Crippen LogP contribution in [0.2, 0.25) is 0 Å². The van der Waals surface area contributed by atoms with Gasteiger partial charge in [0, 0.05) is 17.9 Å². The fourth-order valence-electron chi connectivity index (χ4n) is 3.13. The highest BCUT2D eigenvalue weighted by atomic mass is 19.1. The normalized spacial score (nSPS) is 16.2. The first kappa shape index (κ1) is 15.4. The van der Waals surface area contributed by atoms with Crippen molar-refractivity contribution in [3.8, 4) is 11.4 Å². The second kappa shape index (κ2) is 6.05. The quantitative estimate of drug-likeness (QED) is 0.796. The van der Waals surface area contributed by atoms with Crippen LogP contribution in [0.4, 0.5) is 10.2 Å². The van der Waals surface area contributed by atoms with Crippen LogP contribution in [0.25, 0.3) is 5.69 Å². The molecule has 5 nitrogen and oxygen atoms in total. The number of aromatic nitrogens is 2. The van der Waals surface area contributed by atoms with Crippen molar-refractivity contribution in [3.05, 3.63) is 71.7 Å². The maximum atomic E-state index is 13.2. The van der Waals surface area contributed by atoms with Crippen LogP contribution in [0.1, 0.15) is 23.5 Å². The molecule has 2 heterocycles. The van der Waals surface area contributed by atoms with E-state index in [4.69, 9.17) is 4.74 Å². The summed E-state index contributed by atoms with van der Waals surface area (Å²) in [5, 5.41) is 7.28. The number of hydrogen-bond acceptors (Lipinski definition) is 3. The second-order valence-electron chi connectivity index (χ2n) is 5.91. The monoisotopic (exact) mass is 337 g/mol. The van der Waals surface area contributed by atoms with Crippen molar-refractivity contribution in [2.75, 3.05) is 12.4 Å². The summed E-state index contributed by atoms with van der Waals surface area (Å²) >= 11 is 0. The van der Waals surface area contributed by atoms with Gasteiger partial charge in [-0.2, -0.15) is 5.10 Å². The molecule has 1 atom stereocenters. The molecule has 2 aromatic carbocycles. The number of benzene rings is 2. The van der Waals surface area contributed by atoms with Crippen molar-refractivity contribution in [2.45, 2.75) is 12.3 Å². The lowest BCUT2D eigenvalue weighted by atomic mass is 9.87. The van der Waals surface area contributed by atoms with Crippen molar-refractivity contribution in [2.24, 2.45) is 0 Å². The van der Waals surface area contributed by atoms with Gasteiger partial charge in [0.25, 0.3) is 0 Å². The minimum atomic E-state index is -0.315. The summed E-state index contributed by atoms with van der Waals surface area (Å²) in [4.78, 5) is 12.2. The number of fused-ring (bicyclic) bond motifs is 1. The van der Waals surface area contributed by atoms with Gasteiger partial charge < -0.3 is 10.1 Å². The summed E-state index contributed by atoms with van der Waals surface area (Å²) in [5.74, 6) is 0.931. The number of anilines is 1. The van der Waals surface area contributed by atoms with E-state index in [9.17, 15) is 9.18 Å². The first-order valence-corrected chi connectivity index (χ1v) is 7.93. The standard InChI is InChI=1S/C19H16FN3O2/c1-25-15-8-2-12(3-9-15)16-10-18(24)22-19-17(16)11-21-23(19)14-6-4-13(20)5-7-14/h2-9,11,16H,10H2,1H3,(H,22,24)/t16-/m0/s1. The molecule has 0 saturated carbocycles. The smallest absolute Gasteiger partial charge is 0.226 e. The molecule has 0 unspecified atom stereocenters. The topological polar surface area (TPSA) is 56.1 Å². The molecular weight excluding hydrogens is 321 g/mol. The SMILES string of the molecule is COc1ccc([C@@H]2CC(=O)Nc3c2cnn3-c2ccc(F)cc2)cc1. The van der Waals surface area contributed by atoms with E-state index in [0.717, 1.165) is 16.9 Å². The minimum Gasteiger partial charge on any atom is -0.497 e. The van der Waals surface area contributed by atoms with Crippen LogP contribution in [0, 0.1) is 5.82 Å². The lowest BCUT2D eigenvalue weighted by Crippen LogP contribution is -2.24. The highest BCUT2D eigenvalue weighted by Crippen LogP contribution is 2.38. The van der Waals surface area contributed by atoms with Gasteiger partial charge >= 0.3 is 0 Å². The Labute approximate surface area is 144 Å². The molecule has 1 aliphatic rings. The number of ether oxygens (including phenoxy) is 1. The molecule has 0 fully saturated rings. The van der Waals surface area contributed by atoms with Gasteiger partial charge in [0.1, 0.15) is 17.4 Å². The van der Waals surface area contributed by atoms with Gasteiger partial charge in [-0.3, -0.25) is 4.79 Å². The number of carbonyl (C=O) groups is 1. The Morgan fingerprint density at radius 1 is 1.16 bits per heavy atom. The number of halogens is 1. The van der Waals surface area contributed by atoms with Crippen molar-refractivity contribution < 1.29 is 13.9 Å². The molecule has 0 aliphatic carbocycles. The Bertz CT molecular complexity index is 917. The Balaban J connectivity index is 1.76. The van der Waals surface area contributed by atoms with Crippen LogP contribution >= 0.6 is 0 Å².